The molecular formula is C43H54N8O6. The van der Waals surface area contributed by atoms with Gasteiger partial charge in [0.1, 0.15) is 23.7 Å². The summed E-state index contributed by atoms with van der Waals surface area (Å²) in [7, 11) is 1.27. The van der Waals surface area contributed by atoms with Crippen molar-refractivity contribution < 1.29 is 29.0 Å². The molecule has 0 unspecified atom stereocenters. The molecule has 0 aliphatic heterocycles. The van der Waals surface area contributed by atoms with Gasteiger partial charge in [0.05, 0.1) is 30.6 Å². The number of rotatable bonds is 15. The van der Waals surface area contributed by atoms with E-state index in [9.17, 15) is 24.3 Å². The molecule has 0 bridgehead atoms. The van der Waals surface area contributed by atoms with Gasteiger partial charge < -0.3 is 41.1 Å². The molecule has 3 aromatic carbocycles. The number of aromatic nitrogens is 4. The third-order valence-corrected chi connectivity index (χ3v) is 10.00. The van der Waals surface area contributed by atoms with Crippen LogP contribution >= 0.6 is 0 Å². The molecule has 57 heavy (non-hydrogen) atoms. The molecule has 0 aliphatic rings. The Kier molecular flexibility index (Phi) is 13.4. The van der Waals surface area contributed by atoms with Crippen LogP contribution in [0.1, 0.15) is 79.1 Å². The first kappa shape index (κ1) is 42.0. The fourth-order valence-corrected chi connectivity index (χ4v) is 6.68. The molecule has 0 fully saturated rings. The molecule has 302 valence electrons. The van der Waals surface area contributed by atoms with Gasteiger partial charge in [0, 0.05) is 23.5 Å². The zero-order chi connectivity index (χ0) is 41.6. The number of imidazole rings is 2. The molecule has 0 saturated carbocycles. The largest absolute Gasteiger partial charge is 0.465 e. The van der Waals surface area contributed by atoms with Crippen molar-refractivity contribution in [1.82, 2.24) is 41.2 Å². The van der Waals surface area contributed by atoms with Crippen LogP contribution in [0, 0.1) is 23.7 Å². The summed E-state index contributed by atoms with van der Waals surface area (Å²) >= 11 is 0. The average molecular weight is 779 g/mol. The first-order chi connectivity index (χ1) is 27.1. The Bertz CT molecular complexity index is 2190. The Balaban J connectivity index is 1.29. The van der Waals surface area contributed by atoms with E-state index in [2.05, 4.69) is 73.7 Å². The number of H-pyrrole nitrogens is 2. The summed E-state index contributed by atoms with van der Waals surface area (Å²) in [5, 5.41) is 22.3. The van der Waals surface area contributed by atoms with Crippen molar-refractivity contribution in [1.29, 1.82) is 0 Å². The normalized spacial score (nSPS) is 13.7. The van der Waals surface area contributed by atoms with E-state index in [1.165, 1.54) is 7.11 Å². The van der Waals surface area contributed by atoms with E-state index >= 15 is 0 Å². The number of fused-ring (bicyclic) bond motifs is 1. The third-order valence-electron chi connectivity index (χ3n) is 10.00. The van der Waals surface area contributed by atoms with Gasteiger partial charge in [0.25, 0.3) is 0 Å². The first-order valence-electron chi connectivity index (χ1n) is 19.3. The number of methoxy groups -OCH3 is 1. The van der Waals surface area contributed by atoms with E-state index in [-0.39, 0.29) is 29.6 Å². The molecule has 0 spiro atoms. The highest BCUT2D eigenvalue weighted by Gasteiger charge is 2.31. The molecule has 2 aromatic heterocycles. The average Bonchev–Trinajstić information content (AvgIpc) is 3.87. The van der Waals surface area contributed by atoms with Crippen molar-refractivity contribution in [3.8, 4) is 33.6 Å². The number of aromatic amines is 2. The smallest absolute Gasteiger partial charge is 0.407 e. The van der Waals surface area contributed by atoms with Crippen LogP contribution in [0.15, 0.2) is 73.1 Å². The van der Waals surface area contributed by atoms with E-state index in [0.29, 0.717) is 11.6 Å². The number of hydrogen-bond donors (Lipinski definition) is 7. The van der Waals surface area contributed by atoms with E-state index < -0.39 is 42.3 Å². The number of nitrogens with one attached hydrogen (secondary N) is 6. The lowest BCUT2D eigenvalue weighted by Gasteiger charge is -2.26. The van der Waals surface area contributed by atoms with Gasteiger partial charge in [0.2, 0.25) is 11.8 Å². The SMILES string of the molecule is COC(=O)N[C@H](C(=O)N[C@H](c1nc(-c2ccc3cc(-c4ccc(-c5c[nH]c([C@@H](NC(=O)[C@@H](NC(=O)O)C(C)C)C(C)C)n5)cc4)ccc3c2)c[nH]1)C(C)C)C(C)C. The number of carbonyl (C=O) groups excluding carboxylic acids is 3. The molecule has 0 aliphatic carbocycles. The van der Waals surface area contributed by atoms with Gasteiger partial charge in [0.15, 0.2) is 0 Å². The summed E-state index contributed by atoms with van der Waals surface area (Å²) in [6.45, 7) is 15.2. The number of carbonyl (C=O) groups is 4. The summed E-state index contributed by atoms with van der Waals surface area (Å²) < 4.78 is 4.71. The van der Waals surface area contributed by atoms with Crippen LogP contribution in [0.3, 0.4) is 0 Å². The van der Waals surface area contributed by atoms with Crippen molar-refractivity contribution in [3.63, 3.8) is 0 Å². The fraction of sp³-hybridized carbons (Fsp3) is 0.395. The topological polar surface area (TPSA) is 203 Å². The monoisotopic (exact) mass is 778 g/mol. The minimum atomic E-state index is -1.25. The molecule has 7 N–H and O–H groups in total. The maximum Gasteiger partial charge on any atom is 0.407 e. The molecule has 4 atom stereocenters. The maximum atomic E-state index is 13.2. The molecule has 14 heteroatoms. The molecule has 2 heterocycles. The van der Waals surface area contributed by atoms with E-state index in [1.54, 1.807) is 13.8 Å². The minimum absolute atomic E-state index is 0.00707. The molecule has 4 amide bonds. The van der Waals surface area contributed by atoms with Crippen molar-refractivity contribution in [2.75, 3.05) is 7.11 Å². The van der Waals surface area contributed by atoms with E-state index in [4.69, 9.17) is 14.7 Å². The lowest BCUT2D eigenvalue weighted by Crippen LogP contribution is -2.51. The molecular weight excluding hydrogens is 725 g/mol. The zero-order valence-electron chi connectivity index (χ0n) is 33.9. The molecule has 5 aromatic rings. The second kappa shape index (κ2) is 18.2. The number of ether oxygens (including phenoxy) is 1. The number of benzene rings is 3. The summed E-state index contributed by atoms with van der Waals surface area (Å²) in [6.07, 6.45) is 1.74. The van der Waals surface area contributed by atoms with E-state index in [1.807, 2.05) is 72.1 Å². The van der Waals surface area contributed by atoms with Crippen molar-refractivity contribution in [2.45, 2.75) is 79.6 Å². The Hall–Kier alpha value is -6.18. The van der Waals surface area contributed by atoms with Crippen molar-refractivity contribution >= 4 is 34.8 Å². The number of alkyl carbamates (subject to hydrolysis) is 1. The standard InChI is InChI=1S/C43H54N8O6/c1-22(2)34(48-40(52)36(24(5)6)50-42(54)55)38-44-20-32(46-38)27-12-10-26(11-13-27)28-14-15-30-19-31(17-16-29(30)18-28)33-21-45-39(47-33)35(23(3)4)49-41(53)37(25(7)8)51-43(56)57-9/h10-25,34-37,50H,1-9H3,(H,44,46)(H,45,47)(H,48,52)(H,49,53)(H,51,56)(H,54,55)/t34-,35-,36-,37-/m0/s1. The Morgan fingerprint density at radius 1 is 0.561 bits per heavy atom. The predicted molar refractivity (Wildman–Crippen MR) is 220 cm³/mol. The van der Waals surface area contributed by atoms with Gasteiger partial charge in [-0.05, 0) is 57.7 Å². The highest BCUT2D eigenvalue weighted by molar-refractivity contribution is 5.91. The maximum absolute atomic E-state index is 13.2. The molecule has 0 saturated heterocycles. The lowest BCUT2D eigenvalue weighted by atomic mass is 9.98. The van der Waals surface area contributed by atoms with Crippen LogP contribution in [-0.4, -0.2) is 68.2 Å². The molecule has 0 radical (unpaired) electrons. The lowest BCUT2D eigenvalue weighted by molar-refractivity contribution is -0.125. The zero-order valence-corrected chi connectivity index (χ0v) is 33.9. The van der Waals surface area contributed by atoms with Gasteiger partial charge in [-0.1, -0.05) is 104 Å². The summed E-state index contributed by atoms with van der Waals surface area (Å²) in [5.74, 6) is 0.123. The minimum Gasteiger partial charge on any atom is -0.465 e. The summed E-state index contributed by atoms with van der Waals surface area (Å²) in [5.41, 5.74) is 5.41. The van der Waals surface area contributed by atoms with Crippen LogP contribution in [0.2, 0.25) is 0 Å². The highest BCUT2D eigenvalue weighted by Crippen LogP contribution is 2.31. The molecule has 14 nitrogen and oxygen atoms in total. The fourth-order valence-electron chi connectivity index (χ4n) is 6.68. The van der Waals surface area contributed by atoms with Gasteiger partial charge in [-0.25, -0.2) is 19.6 Å². The van der Waals surface area contributed by atoms with Gasteiger partial charge >= 0.3 is 12.2 Å². The van der Waals surface area contributed by atoms with Gasteiger partial charge in [-0.15, -0.1) is 0 Å². The third kappa shape index (κ3) is 10.2. The molecule has 5 rings (SSSR count). The van der Waals surface area contributed by atoms with Crippen LogP contribution in [0.25, 0.3) is 44.4 Å². The first-order valence-corrected chi connectivity index (χ1v) is 19.3. The number of carboxylic acid groups (broad SMARTS) is 1. The highest BCUT2D eigenvalue weighted by atomic mass is 16.5. The van der Waals surface area contributed by atoms with Gasteiger partial charge in [-0.2, -0.15) is 0 Å². The van der Waals surface area contributed by atoms with E-state index in [0.717, 1.165) is 44.4 Å². The number of hydrogen-bond acceptors (Lipinski definition) is 7. The quantitative estimate of drug-likeness (QED) is 0.0563. The van der Waals surface area contributed by atoms with Crippen molar-refractivity contribution in [2.24, 2.45) is 23.7 Å². The summed E-state index contributed by atoms with van der Waals surface area (Å²) in [6, 6.07) is 18.1. The van der Waals surface area contributed by atoms with Crippen molar-refractivity contribution in [3.05, 3.63) is 84.7 Å². The summed E-state index contributed by atoms with van der Waals surface area (Å²) in [4.78, 5) is 65.6. The predicted octanol–water partition coefficient (Wildman–Crippen LogP) is 7.59. The van der Waals surface area contributed by atoms with Crippen LogP contribution in [0.5, 0.6) is 0 Å². The Morgan fingerprint density at radius 2 is 0.982 bits per heavy atom. The number of amides is 4. The van der Waals surface area contributed by atoms with Crippen LogP contribution in [0.4, 0.5) is 9.59 Å². The Morgan fingerprint density at radius 3 is 1.44 bits per heavy atom. The second-order valence-corrected chi connectivity index (χ2v) is 15.7. The Labute approximate surface area is 333 Å². The van der Waals surface area contributed by atoms with Crippen LogP contribution < -0.4 is 21.3 Å². The number of nitrogens with zero attached hydrogens (tertiary/aromatic N) is 2. The second-order valence-electron chi connectivity index (χ2n) is 15.7. The van der Waals surface area contributed by atoms with Crippen LogP contribution in [-0.2, 0) is 14.3 Å². The van der Waals surface area contributed by atoms with Gasteiger partial charge in [-0.3, -0.25) is 9.59 Å².